The number of carbonyl (C=O) groups is 2. The summed E-state index contributed by atoms with van der Waals surface area (Å²) in [5, 5.41) is 15.2. The predicted molar refractivity (Wildman–Crippen MR) is 78.6 cm³/mol. The number of hydrogen-bond donors (Lipinski definition) is 2. The van der Waals surface area contributed by atoms with Gasteiger partial charge in [-0.05, 0) is 5.56 Å². The molecule has 2 atom stereocenters. The molecular weight excluding hydrogens is 312 g/mol. The maximum atomic E-state index is 11.7. The second-order valence-electron chi connectivity index (χ2n) is 4.73. The van der Waals surface area contributed by atoms with Crippen LogP contribution in [0, 0.1) is 0 Å². The lowest BCUT2D eigenvalue weighted by atomic mass is 10.1. The van der Waals surface area contributed by atoms with E-state index in [1.807, 2.05) is 18.2 Å². The van der Waals surface area contributed by atoms with Crippen molar-refractivity contribution in [2.24, 2.45) is 5.16 Å². The van der Waals surface area contributed by atoms with E-state index >= 15 is 0 Å². The fraction of sp³-hybridized carbons (Fsp3) is 0.357. The smallest absolute Gasteiger partial charge is 0.408 e. The highest BCUT2D eigenvalue weighted by Gasteiger charge is 2.29. The van der Waals surface area contributed by atoms with Gasteiger partial charge in [-0.2, -0.15) is 0 Å². The van der Waals surface area contributed by atoms with E-state index in [0.29, 0.717) is 6.42 Å². The molecule has 1 aromatic rings. The summed E-state index contributed by atoms with van der Waals surface area (Å²) in [6.45, 7) is 0.0634. The number of carbonyl (C=O) groups excluding carboxylic acids is 1. The van der Waals surface area contributed by atoms with Gasteiger partial charge in [-0.25, -0.2) is 9.59 Å². The monoisotopic (exact) mass is 326 g/mol. The van der Waals surface area contributed by atoms with Crippen LogP contribution in [0.4, 0.5) is 4.79 Å². The summed E-state index contributed by atoms with van der Waals surface area (Å²) in [6, 6.07) is 7.95. The van der Waals surface area contributed by atoms with Gasteiger partial charge in [-0.1, -0.05) is 47.1 Å². The van der Waals surface area contributed by atoms with Crippen molar-refractivity contribution < 1.29 is 24.3 Å². The molecule has 7 nitrogen and oxygen atoms in total. The Balaban J connectivity index is 1.80. The normalized spacial score (nSPS) is 18.0. The number of carboxylic acids is 1. The number of carboxylic acid groups (broad SMARTS) is 1. The number of oxime groups is 1. The number of nitrogens with zero attached hydrogens (tertiary/aromatic N) is 1. The number of alkyl carbamates (subject to hydrolysis) is 1. The van der Waals surface area contributed by atoms with E-state index in [9.17, 15) is 9.59 Å². The number of nitrogens with one attached hydrogen (secondary N) is 1. The highest BCUT2D eigenvalue weighted by atomic mass is 35.5. The zero-order valence-electron chi connectivity index (χ0n) is 11.6. The zero-order chi connectivity index (χ0) is 15.9. The van der Waals surface area contributed by atoms with E-state index in [1.54, 1.807) is 12.1 Å². The summed E-state index contributed by atoms with van der Waals surface area (Å²) in [7, 11) is 0. The van der Waals surface area contributed by atoms with E-state index in [0.717, 1.165) is 5.56 Å². The second kappa shape index (κ2) is 7.65. The highest BCUT2D eigenvalue weighted by molar-refractivity contribution is 6.65. The fourth-order valence-corrected chi connectivity index (χ4v) is 2.12. The van der Waals surface area contributed by atoms with Crippen molar-refractivity contribution in [1.29, 1.82) is 0 Å². The predicted octanol–water partition coefficient (Wildman–Crippen LogP) is 2.10. The standard InChI is InChI=1S/C14H15ClN2O5/c15-12-7-10(22-17-12)6-11(13(18)19)16-14(20)21-8-9-4-2-1-3-5-9/h1-5,10-11H,6-8H2,(H,16,20)(H,18,19)/t10?,11-/m0/s1. The molecule has 0 fully saturated rings. The first-order valence-electron chi connectivity index (χ1n) is 6.63. The molecule has 0 aromatic heterocycles. The molecule has 1 heterocycles. The minimum atomic E-state index is -1.18. The molecule has 1 unspecified atom stereocenters. The molecule has 1 aliphatic rings. The number of benzene rings is 1. The summed E-state index contributed by atoms with van der Waals surface area (Å²) in [4.78, 5) is 27.8. The first kappa shape index (κ1) is 16.1. The zero-order valence-corrected chi connectivity index (χ0v) is 12.3. The Bertz CT molecular complexity index is 564. The first-order valence-corrected chi connectivity index (χ1v) is 7.00. The van der Waals surface area contributed by atoms with Gasteiger partial charge in [0.25, 0.3) is 0 Å². The van der Waals surface area contributed by atoms with Crippen molar-refractivity contribution in [3.8, 4) is 0 Å². The largest absolute Gasteiger partial charge is 0.480 e. The second-order valence-corrected chi connectivity index (χ2v) is 5.17. The average Bonchev–Trinajstić information content (AvgIpc) is 2.91. The quantitative estimate of drug-likeness (QED) is 0.834. The molecular formula is C14H15ClN2O5. The van der Waals surface area contributed by atoms with Crippen LogP contribution in [-0.2, 0) is 21.0 Å². The molecule has 0 saturated heterocycles. The lowest BCUT2D eigenvalue weighted by molar-refractivity contribution is -0.140. The Morgan fingerprint density at radius 3 is 2.77 bits per heavy atom. The Kier molecular flexibility index (Phi) is 5.60. The maximum Gasteiger partial charge on any atom is 0.408 e. The third kappa shape index (κ3) is 4.92. The lowest BCUT2D eigenvalue weighted by Crippen LogP contribution is -2.43. The van der Waals surface area contributed by atoms with E-state index in [4.69, 9.17) is 26.3 Å². The molecule has 8 heteroatoms. The van der Waals surface area contributed by atoms with E-state index in [-0.39, 0.29) is 18.2 Å². The van der Waals surface area contributed by atoms with Crippen LogP contribution in [0.1, 0.15) is 18.4 Å². The molecule has 2 N–H and O–H groups in total. The van der Waals surface area contributed by atoms with Crippen LogP contribution in [0.25, 0.3) is 0 Å². The minimum absolute atomic E-state index is 0.0511. The van der Waals surface area contributed by atoms with Gasteiger partial charge in [0, 0.05) is 12.8 Å². The van der Waals surface area contributed by atoms with Crippen molar-refractivity contribution >= 4 is 28.8 Å². The first-order chi connectivity index (χ1) is 10.5. The topological polar surface area (TPSA) is 97.2 Å². The van der Waals surface area contributed by atoms with E-state index in [1.165, 1.54) is 0 Å². The van der Waals surface area contributed by atoms with Crippen LogP contribution in [-0.4, -0.2) is 34.5 Å². The molecule has 0 aliphatic carbocycles. The van der Waals surface area contributed by atoms with Crippen LogP contribution < -0.4 is 5.32 Å². The van der Waals surface area contributed by atoms with Crippen LogP contribution in [0.2, 0.25) is 0 Å². The van der Waals surface area contributed by atoms with Crippen molar-refractivity contribution in [3.63, 3.8) is 0 Å². The summed E-state index contributed by atoms with van der Waals surface area (Å²) < 4.78 is 4.99. The summed E-state index contributed by atoms with van der Waals surface area (Å²) in [5.41, 5.74) is 0.809. The molecule has 0 radical (unpaired) electrons. The molecule has 2 rings (SSSR count). The number of amides is 1. The maximum absolute atomic E-state index is 11.7. The van der Waals surface area contributed by atoms with Crippen molar-refractivity contribution in [2.45, 2.75) is 31.6 Å². The molecule has 1 aliphatic heterocycles. The van der Waals surface area contributed by atoms with Crippen molar-refractivity contribution in [2.75, 3.05) is 0 Å². The Hall–Kier alpha value is -2.28. The third-order valence-corrected chi connectivity index (χ3v) is 3.22. The van der Waals surface area contributed by atoms with Gasteiger partial charge in [0.15, 0.2) is 0 Å². The molecule has 118 valence electrons. The average molecular weight is 327 g/mol. The molecule has 0 saturated carbocycles. The van der Waals surface area contributed by atoms with Crippen LogP contribution in [0.15, 0.2) is 35.5 Å². The number of rotatable bonds is 6. The Morgan fingerprint density at radius 1 is 1.45 bits per heavy atom. The number of hydrogen-bond acceptors (Lipinski definition) is 5. The molecule has 1 aromatic carbocycles. The van der Waals surface area contributed by atoms with Gasteiger partial charge in [-0.3, -0.25) is 0 Å². The van der Waals surface area contributed by atoms with Gasteiger partial charge in [0.1, 0.15) is 23.9 Å². The van der Waals surface area contributed by atoms with Crippen molar-refractivity contribution in [1.82, 2.24) is 5.32 Å². The number of aliphatic carboxylic acids is 1. The van der Waals surface area contributed by atoms with E-state index < -0.39 is 24.2 Å². The van der Waals surface area contributed by atoms with Gasteiger partial charge in [0.2, 0.25) is 0 Å². The van der Waals surface area contributed by atoms with Gasteiger partial charge >= 0.3 is 12.1 Å². The fourth-order valence-electron chi connectivity index (χ4n) is 1.91. The van der Waals surface area contributed by atoms with E-state index in [2.05, 4.69) is 10.5 Å². The minimum Gasteiger partial charge on any atom is -0.480 e. The third-order valence-electron chi connectivity index (χ3n) is 3.00. The van der Waals surface area contributed by atoms with Crippen LogP contribution in [0.5, 0.6) is 0 Å². The van der Waals surface area contributed by atoms with Crippen LogP contribution >= 0.6 is 11.6 Å². The molecule has 0 bridgehead atoms. The Labute approximate surface area is 131 Å². The lowest BCUT2D eigenvalue weighted by Gasteiger charge is -2.17. The highest BCUT2D eigenvalue weighted by Crippen LogP contribution is 2.17. The molecule has 22 heavy (non-hydrogen) atoms. The van der Waals surface area contributed by atoms with Gasteiger partial charge < -0.3 is 20.0 Å². The van der Waals surface area contributed by atoms with Crippen molar-refractivity contribution in [3.05, 3.63) is 35.9 Å². The summed E-state index contributed by atoms with van der Waals surface area (Å²) in [5.74, 6) is -1.18. The molecule has 1 amide bonds. The SMILES string of the molecule is O=C(N[C@@H](CC1CC(Cl)=NO1)C(=O)O)OCc1ccccc1. The van der Waals surface area contributed by atoms with Gasteiger partial charge in [-0.15, -0.1) is 0 Å². The summed E-state index contributed by atoms with van der Waals surface area (Å²) in [6.07, 6.45) is -0.897. The molecule has 0 spiro atoms. The summed E-state index contributed by atoms with van der Waals surface area (Å²) >= 11 is 5.66. The number of ether oxygens (including phenoxy) is 1. The Morgan fingerprint density at radius 2 is 2.18 bits per heavy atom. The van der Waals surface area contributed by atoms with Crippen LogP contribution in [0.3, 0.4) is 0 Å². The van der Waals surface area contributed by atoms with Gasteiger partial charge in [0.05, 0.1) is 0 Å². The number of halogens is 1.